The highest BCUT2D eigenvalue weighted by Gasteiger charge is 2.42. The van der Waals surface area contributed by atoms with Crippen molar-refractivity contribution in [2.45, 2.75) is 44.1 Å². The summed E-state index contributed by atoms with van der Waals surface area (Å²) >= 11 is 0. The molecular formula is C22H28N4O. The predicted octanol–water partition coefficient (Wildman–Crippen LogP) is 3.21. The molecular weight excluding hydrogens is 336 g/mol. The van der Waals surface area contributed by atoms with E-state index >= 15 is 0 Å². The zero-order valence-electron chi connectivity index (χ0n) is 15.9. The Morgan fingerprint density at radius 1 is 1.37 bits per heavy atom. The van der Waals surface area contributed by atoms with Crippen LogP contribution in [0, 0.1) is 18.3 Å². The number of pyridine rings is 1. The molecule has 2 fully saturated rings. The van der Waals surface area contributed by atoms with Crippen LogP contribution in [0.4, 0.5) is 0 Å². The summed E-state index contributed by atoms with van der Waals surface area (Å²) in [6, 6.07) is 8.14. The molecule has 1 aliphatic carbocycles. The summed E-state index contributed by atoms with van der Waals surface area (Å²) in [5, 5.41) is 1.10. The van der Waals surface area contributed by atoms with Gasteiger partial charge in [-0.15, -0.1) is 6.42 Å². The second-order valence-corrected chi connectivity index (χ2v) is 8.12. The maximum atomic E-state index is 12.7. The number of carbonyl (C=O) groups is 1. The number of likely N-dealkylation sites (tertiary alicyclic amines) is 1. The van der Waals surface area contributed by atoms with Gasteiger partial charge in [0.2, 0.25) is 5.91 Å². The van der Waals surface area contributed by atoms with Crippen LogP contribution in [0.15, 0.2) is 30.5 Å². The first-order chi connectivity index (χ1) is 12.5. The molecule has 0 radical (unpaired) electrons. The largest absolute Gasteiger partial charge is 0.344 e. The normalized spacial score (nSPS) is 23.4. The van der Waals surface area contributed by atoms with Gasteiger partial charge in [-0.25, -0.2) is 0 Å². The lowest BCUT2D eigenvalue weighted by Crippen LogP contribution is -2.44. The quantitative estimate of drug-likeness (QED) is 0.818. The van der Waals surface area contributed by atoms with Gasteiger partial charge in [0.25, 0.3) is 0 Å². The van der Waals surface area contributed by atoms with Crippen molar-refractivity contribution < 1.29 is 4.79 Å². The number of piperidine rings is 1. The standard InChI is InChI=1S/C22H25N3O.H3N/c1-3-16-6-7-18(19-5-4-10-24-21(16)19)17-11-15(2)13-25(14-17)20(26)12-22(23)8-9-22;/h1,4-7,10,15,17H,8-9,11-14,23H2,2H3;1H3/t15-,17+;/m1./s1. The van der Waals surface area contributed by atoms with E-state index in [0.29, 0.717) is 18.3 Å². The van der Waals surface area contributed by atoms with Gasteiger partial charge in [-0.3, -0.25) is 9.78 Å². The molecule has 1 saturated heterocycles. The van der Waals surface area contributed by atoms with Crippen LogP contribution in [-0.4, -0.2) is 34.4 Å². The molecule has 1 aliphatic heterocycles. The summed E-state index contributed by atoms with van der Waals surface area (Å²) in [6.07, 6.45) is 10.9. The van der Waals surface area contributed by atoms with Gasteiger partial charge in [0.05, 0.1) is 11.1 Å². The van der Waals surface area contributed by atoms with Gasteiger partial charge in [-0.05, 0) is 42.9 Å². The Morgan fingerprint density at radius 2 is 2.15 bits per heavy atom. The molecule has 27 heavy (non-hydrogen) atoms. The number of hydrogen-bond acceptors (Lipinski definition) is 4. The monoisotopic (exact) mass is 364 g/mol. The van der Waals surface area contributed by atoms with E-state index in [9.17, 15) is 4.79 Å². The Bertz CT molecular complexity index is 897. The molecule has 1 aromatic heterocycles. The minimum atomic E-state index is -0.238. The van der Waals surface area contributed by atoms with Crippen LogP contribution in [0.3, 0.4) is 0 Å². The lowest BCUT2D eigenvalue weighted by atomic mass is 9.83. The summed E-state index contributed by atoms with van der Waals surface area (Å²) in [6.45, 7) is 3.79. The lowest BCUT2D eigenvalue weighted by molar-refractivity contribution is -0.133. The van der Waals surface area contributed by atoms with Crippen LogP contribution < -0.4 is 11.9 Å². The minimum Gasteiger partial charge on any atom is -0.344 e. The van der Waals surface area contributed by atoms with E-state index in [1.165, 1.54) is 5.56 Å². The first kappa shape index (κ1) is 19.3. The first-order valence-corrected chi connectivity index (χ1v) is 9.40. The summed E-state index contributed by atoms with van der Waals surface area (Å²) in [5.74, 6) is 3.69. The number of benzene rings is 1. The fourth-order valence-corrected chi connectivity index (χ4v) is 4.20. The van der Waals surface area contributed by atoms with Gasteiger partial charge in [-0.2, -0.15) is 0 Å². The number of nitrogens with two attached hydrogens (primary N) is 1. The van der Waals surface area contributed by atoms with Crippen molar-refractivity contribution >= 4 is 16.8 Å². The average molecular weight is 364 g/mol. The fourth-order valence-electron chi connectivity index (χ4n) is 4.20. The van der Waals surface area contributed by atoms with Gasteiger partial charge in [0.15, 0.2) is 0 Å². The van der Waals surface area contributed by atoms with Gasteiger partial charge in [0.1, 0.15) is 0 Å². The Kier molecular flexibility index (Phi) is 5.23. The molecule has 142 valence electrons. The smallest absolute Gasteiger partial charge is 0.224 e. The first-order valence-electron chi connectivity index (χ1n) is 9.40. The van der Waals surface area contributed by atoms with E-state index in [0.717, 1.165) is 48.8 Å². The van der Waals surface area contributed by atoms with E-state index < -0.39 is 0 Å². The third kappa shape index (κ3) is 3.83. The van der Waals surface area contributed by atoms with Gasteiger partial charge in [0, 0.05) is 42.6 Å². The van der Waals surface area contributed by atoms with Crippen molar-refractivity contribution in [3.05, 3.63) is 41.6 Å². The molecule has 2 aliphatic rings. The molecule has 5 N–H and O–H groups in total. The molecule has 2 heterocycles. The van der Waals surface area contributed by atoms with Crippen LogP contribution >= 0.6 is 0 Å². The number of nitrogens with zero attached hydrogens (tertiary/aromatic N) is 2. The topological polar surface area (TPSA) is 94.2 Å². The van der Waals surface area contributed by atoms with E-state index in [2.05, 4.69) is 30.0 Å². The maximum Gasteiger partial charge on any atom is 0.224 e. The maximum absolute atomic E-state index is 12.7. The molecule has 4 rings (SSSR count). The summed E-state index contributed by atoms with van der Waals surface area (Å²) in [4.78, 5) is 19.3. The van der Waals surface area contributed by atoms with Crippen molar-refractivity contribution in [2.75, 3.05) is 13.1 Å². The molecule has 0 spiro atoms. The van der Waals surface area contributed by atoms with Crippen LogP contribution in [0.25, 0.3) is 10.9 Å². The summed E-state index contributed by atoms with van der Waals surface area (Å²) in [5.41, 5.74) is 8.87. The van der Waals surface area contributed by atoms with E-state index in [-0.39, 0.29) is 17.6 Å². The Morgan fingerprint density at radius 3 is 2.85 bits per heavy atom. The van der Waals surface area contributed by atoms with Crippen LogP contribution in [0.5, 0.6) is 0 Å². The number of aromatic nitrogens is 1. The Labute approximate surface area is 160 Å². The fraction of sp³-hybridized carbons (Fsp3) is 0.455. The van der Waals surface area contributed by atoms with E-state index in [1.807, 2.05) is 17.0 Å². The number of terminal acetylenes is 1. The molecule has 2 aromatic rings. The van der Waals surface area contributed by atoms with Crippen molar-refractivity contribution in [3.8, 4) is 12.3 Å². The van der Waals surface area contributed by atoms with Crippen LogP contribution in [-0.2, 0) is 4.79 Å². The molecule has 1 amide bonds. The molecule has 1 aromatic carbocycles. The predicted molar refractivity (Wildman–Crippen MR) is 109 cm³/mol. The number of rotatable bonds is 3. The SMILES string of the molecule is C#Cc1ccc([C@H]2C[C@@H](C)CN(C(=O)CC3(N)CC3)C2)c2cccnc12.N. The molecule has 2 atom stereocenters. The van der Waals surface area contributed by atoms with Gasteiger partial charge >= 0.3 is 0 Å². The van der Waals surface area contributed by atoms with Crippen molar-refractivity contribution in [1.82, 2.24) is 16.0 Å². The Hall–Kier alpha value is -2.42. The van der Waals surface area contributed by atoms with Crippen molar-refractivity contribution in [2.24, 2.45) is 11.7 Å². The molecule has 5 heteroatoms. The minimum absolute atomic E-state index is 0. The van der Waals surface area contributed by atoms with E-state index in [4.69, 9.17) is 12.2 Å². The third-order valence-electron chi connectivity index (χ3n) is 5.81. The highest BCUT2D eigenvalue weighted by atomic mass is 16.2. The average Bonchev–Trinajstić information content (AvgIpc) is 3.36. The van der Waals surface area contributed by atoms with Crippen LogP contribution in [0.2, 0.25) is 0 Å². The zero-order valence-corrected chi connectivity index (χ0v) is 15.9. The molecule has 0 bridgehead atoms. The zero-order chi connectivity index (χ0) is 18.3. The number of amides is 1. The second-order valence-electron chi connectivity index (χ2n) is 8.12. The van der Waals surface area contributed by atoms with Crippen LogP contribution in [0.1, 0.15) is 49.7 Å². The number of hydrogen-bond donors (Lipinski definition) is 2. The number of fused-ring (bicyclic) bond motifs is 1. The molecule has 5 nitrogen and oxygen atoms in total. The molecule has 0 unspecified atom stereocenters. The lowest BCUT2D eigenvalue weighted by Gasteiger charge is -2.37. The summed E-state index contributed by atoms with van der Waals surface area (Å²) < 4.78 is 0. The van der Waals surface area contributed by atoms with Crippen molar-refractivity contribution in [1.29, 1.82) is 0 Å². The van der Waals surface area contributed by atoms with Gasteiger partial charge < -0.3 is 16.8 Å². The molecule has 1 saturated carbocycles. The Balaban J connectivity index is 0.00000210. The second kappa shape index (κ2) is 7.30. The third-order valence-corrected chi connectivity index (χ3v) is 5.81. The highest BCUT2D eigenvalue weighted by Crippen LogP contribution is 2.38. The highest BCUT2D eigenvalue weighted by molar-refractivity contribution is 5.88. The van der Waals surface area contributed by atoms with Crippen molar-refractivity contribution in [3.63, 3.8) is 0 Å². The summed E-state index contributed by atoms with van der Waals surface area (Å²) in [7, 11) is 0. The number of carbonyl (C=O) groups excluding carboxylic acids is 1. The van der Waals surface area contributed by atoms with Gasteiger partial charge in [-0.1, -0.05) is 25.0 Å². The van der Waals surface area contributed by atoms with E-state index in [1.54, 1.807) is 6.20 Å².